The van der Waals surface area contributed by atoms with Gasteiger partial charge in [0.1, 0.15) is 0 Å². The SMILES string of the molecule is OC(CNCC1CCOCC1)Cc1ccccc1. The van der Waals surface area contributed by atoms with Crippen molar-refractivity contribution in [3.8, 4) is 0 Å². The lowest BCUT2D eigenvalue weighted by Crippen LogP contribution is -2.34. The molecule has 2 rings (SSSR count). The van der Waals surface area contributed by atoms with Crippen molar-refractivity contribution in [2.45, 2.75) is 25.4 Å². The van der Waals surface area contributed by atoms with Crippen LogP contribution in [-0.4, -0.2) is 37.5 Å². The first-order valence-corrected chi connectivity index (χ1v) is 6.85. The molecule has 1 unspecified atom stereocenters. The van der Waals surface area contributed by atoms with E-state index < -0.39 is 0 Å². The fourth-order valence-corrected chi connectivity index (χ4v) is 2.36. The molecule has 1 saturated heterocycles. The maximum Gasteiger partial charge on any atom is 0.0704 e. The van der Waals surface area contributed by atoms with Gasteiger partial charge in [-0.25, -0.2) is 0 Å². The molecule has 1 atom stereocenters. The predicted octanol–water partition coefficient (Wildman–Crippen LogP) is 1.61. The Labute approximate surface area is 109 Å². The molecule has 3 heteroatoms. The number of benzene rings is 1. The molecule has 0 aliphatic carbocycles. The molecule has 0 bridgehead atoms. The zero-order valence-electron chi connectivity index (χ0n) is 10.8. The monoisotopic (exact) mass is 249 g/mol. The minimum atomic E-state index is -0.299. The molecule has 1 heterocycles. The minimum absolute atomic E-state index is 0.299. The molecule has 3 nitrogen and oxygen atoms in total. The molecule has 1 aliphatic heterocycles. The Hall–Kier alpha value is -0.900. The number of rotatable bonds is 6. The number of aliphatic hydroxyl groups excluding tert-OH is 1. The summed E-state index contributed by atoms with van der Waals surface area (Å²) in [7, 11) is 0. The van der Waals surface area contributed by atoms with E-state index in [0.717, 1.165) is 39.0 Å². The third kappa shape index (κ3) is 4.77. The largest absolute Gasteiger partial charge is 0.391 e. The fourth-order valence-electron chi connectivity index (χ4n) is 2.36. The highest BCUT2D eigenvalue weighted by atomic mass is 16.5. The normalized spacial score (nSPS) is 18.7. The van der Waals surface area contributed by atoms with Gasteiger partial charge in [-0.2, -0.15) is 0 Å². The van der Waals surface area contributed by atoms with Crippen molar-refractivity contribution in [3.63, 3.8) is 0 Å². The molecule has 1 fully saturated rings. The lowest BCUT2D eigenvalue weighted by molar-refractivity contribution is 0.0649. The molecule has 18 heavy (non-hydrogen) atoms. The number of nitrogens with one attached hydrogen (secondary N) is 1. The van der Waals surface area contributed by atoms with Crippen molar-refractivity contribution in [3.05, 3.63) is 35.9 Å². The quantitative estimate of drug-likeness (QED) is 0.805. The summed E-state index contributed by atoms with van der Waals surface area (Å²) < 4.78 is 5.33. The first-order chi connectivity index (χ1) is 8.84. The van der Waals surface area contributed by atoms with Crippen LogP contribution in [0.1, 0.15) is 18.4 Å². The van der Waals surface area contributed by atoms with Crippen LogP contribution in [0.25, 0.3) is 0 Å². The first-order valence-electron chi connectivity index (χ1n) is 6.85. The van der Waals surface area contributed by atoms with Gasteiger partial charge in [-0.15, -0.1) is 0 Å². The lowest BCUT2D eigenvalue weighted by atomic mass is 10.0. The van der Waals surface area contributed by atoms with E-state index in [-0.39, 0.29) is 6.10 Å². The standard InChI is InChI=1S/C15H23NO2/c17-15(10-13-4-2-1-3-5-13)12-16-11-14-6-8-18-9-7-14/h1-5,14-17H,6-12H2. The van der Waals surface area contributed by atoms with E-state index in [0.29, 0.717) is 12.5 Å². The smallest absolute Gasteiger partial charge is 0.0704 e. The van der Waals surface area contributed by atoms with Crippen molar-refractivity contribution >= 4 is 0 Å². The highest BCUT2D eigenvalue weighted by Crippen LogP contribution is 2.13. The zero-order chi connectivity index (χ0) is 12.6. The summed E-state index contributed by atoms with van der Waals surface area (Å²) in [6.45, 7) is 3.44. The van der Waals surface area contributed by atoms with Crippen LogP contribution in [0.15, 0.2) is 30.3 Å². The van der Waals surface area contributed by atoms with E-state index in [2.05, 4.69) is 17.4 Å². The average molecular weight is 249 g/mol. The summed E-state index contributed by atoms with van der Waals surface area (Å²) in [6, 6.07) is 10.1. The van der Waals surface area contributed by atoms with Gasteiger partial charge in [-0.3, -0.25) is 0 Å². The summed E-state index contributed by atoms with van der Waals surface area (Å²) >= 11 is 0. The molecule has 1 aromatic rings. The Morgan fingerprint density at radius 1 is 1.22 bits per heavy atom. The highest BCUT2D eigenvalue weighted by Gasteiger charge is 2.13. The number of aliphatic hydroxyl groups is 1. The third-order valence-electron chi connectivity index (χ3n) is 3.47. The second kappa shape index (κ2) is 7.52. The van der Waals surface area contributed by atoms with Crippen LogP contribution in [0.4, 0.5) is 0 Å². The molecule has 100 valence electrons. The van der Waals surface area contributed by atoms with Gasteiger partial charge in [0, 0.05) is 19.8 Å². The van der Waals surface area contributed by atoms with Crippen molar-refractivity contribution in [2.24, 2.45) is 5.92 Å². The maximum atomic E-state index is 9.94. The summed E-state index contributed by atoms with van der Waals surface area (Å²) in [6.07, 6.45) is 2.71. The maximum absolute atomic E-state index is 9.94. The topological polar surface area (TPSA) is 41.5 Å². The predicted molar refractivity (Wildman–Crippen MR) is 72.6 cm³/mol. The summed E-state index contributed by atoms with van der Waals surface area (Å²) in [4.78, 5) is 0. The molecule has 2 N–H and O–H groups in total. The lowest BCUT2D eigenvalue weighted by Gasteiger charge is -2.23. The van der Waals surface area contributed by atoms with Crippen molar-refractivity contribution in [1.82, 2.24) is 5.32 Å². The van der Waals surface area contributed by atoms with E-state index in [9.17, 15) is 5.11 Å². The van der Waals surface area contributed by atoms with E-state index in [1.54, 1.807) is 0 Å². The third-order valence-corrected chi connectivity index (χ3v) is 3.47. The van der Waals surface area contributed by atoms with Gasteiger partial charge < -0.3 is 15.2 Å². The van der Waals surface area contributed by atoms with Crippen molar-refractivity contribution in [1.29, 1.82) is 0 Å². The summed E-state index contributed by atoms with van der Waals surface area (Å²) in [5.41, 5.74) is 1.19. The molecule has 0 saturated carbocycles. The van der Waals surface area contributed by atoms with Crippen LogP contribution >= 0.6 is 0 Å². The van der Waals surface area contributed by atoms with Gasteiger partial charge in [0.15, 0.2) is 0 Å². The Kier molecular flexibility index (Phi) is 5.65. The van der Waals surface area contributed by atoms with Gasteiger partial charge in [0.25, 0.3) is 0 Å². The van der Waals surface area contributed by atoms with Crippen LogP contribution in [0.2, 0.25) is 0 Å². The summed E-state index contributed by atoms with van der Waals surface area (Å²) in [5.74, 6) is 0.711. The second-order valence-electron chi connectivity index (χ2n) is 5.06. The summed E-state index contributed by atoms with van der Waals surface area (Å²) in [5, 5.41) is 13.3. The van der Waals surface area contributed by atoms with E-state index in [1.807, 2.05) is 18.2 Å². The Morgan fingerprint density at radius 3 is 2.67 bits per heavy atom. The number of ether oxygens (including phenoxy) is 1. The first kappa shape index (κ1) is 13.5. The Morgan fingerprint density at radius 2 is 1.94 bits per heavy atom. The Bertz CT molecular complexity index is 323. The van der Waals surface area contributed by atoms with Crippen LogP contribution in [0, 0.1) is 5.92 Å². The molecule has 1 aromatic carbocycles. The molecular formula is C15H23NO2. The molecule has 0 aromatic heterocycles. The minimum Gasteiger partial charge on any atom is -0.391 e. The zero-order valence-corrected chi connectivity index (χ0v) is 10.8. The Balaban J connectivity index is 1.61. The molecule has 1 aliphatic rings. The van der Waals surface area contributed by atoms with Gasteiger partial charge >= 0.3 is 0 Å². The van der Waals surface area contributed by atoms with Crippen molar-refractivity contribution < 1.29 is 9.84 Å². The second-order valence-corrected chi connectivity index (χ2v) is 5.06. The van der Waals surface area contributed by atoms with E-state index in [4.69, 9.17) is 4.74 Å². The van der Waals surface area contributed by atoms with Crippen LogP contribution in [0.5, 0.6) is 0 Å². The van der Waals surface area contributed by atoms with Gasteiger partial charge in [0.05, 0.1) is 6.10 Å². The fraction of sp³-hybridized carbons (Fsp3) is 0.600. The molecule has 0 radical (unpaired) electrons. The van der Waals surface area contributed by atoms with E-state index in [1.165, 1.54) is 5.56 Å². The number of hydrogen-bond acceptors (Lipinski definition) is 3. The average Bonchev–Trinajstić information content (AvgIpc) is 2.41. The molecule has 0 amide bonds. The van der Waals surface area contributed by atoms with E-state index >= 15 is 0 Å². The van der Waals surface area contributed by atoms with Gasteiger partial charge in [-0.1, -0.05) is 30.3 Å². The molecular weight excluding hydrogens is 226 g/mol. The van der Waals surface area contributed by atoms with Crippen molar-refractivity contribution in [2.75, 3.05) is 26.3 Å². The van der Waals surface area contributed by atoms with Gasteiger partial charge in [-0.05, 0) is 37.3 Å². The highest BCUT2D eigenvalue weighted by molar-refractivity contribution is 5.15. The van der Waals surface area contributed by atoms with Crippen LogP contribution in [-0.2, 0) is 11.2 Å². The van der Waals surface area contributed by atoms with Gasteiger partial charge in [0.2, 0.25) is 0 Å². The van der Waals surface area contributed by atoms with Crippen LogP contribution in [0.3, 0.4) is 0 Å². The number of hydrogen-bond donors (Lipinski definition) is 2. The van der Waals surface area contributed by atoms with Crippen LogP contribution < -0.4 is 5.32 Å². The molecule has 0 spiro atoms.